The minimum atomic E-state index is -0.863. The Labute approximate surface area is 154 Å². The van der Waals surface area contributed by atoms with Crippen molar-refractivity contribution in [2.24, 2.45) is 11.7 Å². The summed E-state index contributed by atoms with van der Waals surface area (Å²) >= 11 is 0. The van der Waals surface area contributed by atoms with Gasteiger partial charge in [-0.15, -0.1) is 0 Å². The smallest absolute Gasteiger partial charge is 0.304 e. The van der Waals surface area contributed by atoms with Crippen molar-refractivity contribution in [1.82, 2.24) is 15.0 Å². The highest BCUT2D eigenvalue weighted by atomic mass is 16.5. The summed E-state index contributed by atoms with van der Waals surface area (Å²) in [5, 5.41) is 13.1. The Morgan fingerprint density at radius 2 is 2.08 bits per heavy atom. The van der Waals surface area contributed by atoms with Crippen LogP contribution in [-0.2, 0) is 16.1 Å². The number of likely N-dealkylation sites (N-methyl/N-ethyl adjacent to an activating group) is 1. The van der Waals surface area contributed by atoms with E-state index in [2.05, 4.69) is 10.1 Å². The first kappa shape index (κ1) is 20.4. The van der Waals surface area contributed by atoms with E-state index in [1.807, 2.05) is 0 Å². The first-order valence-corrected chi connectivity index (χ1v) is 9.45. The van der Waals surface area contributed by atoms with Gasteiger partial charge >= 0.3 is 5.97 Å². The molecule has 146 valence electrons. The third-order valence-electron chi connectivity index (χ3n) is 4.98. The van der Waals surface area contributed by atoms with Crippen molar-refractivity contribution >= 4 is 11.9 Å². The second-order valence-electron chi connectivity index (χ2n) is 7.42. The molecule has 1 heterocycles. The molecule has 1 aromatic rings. The number of carbonyl (C=O) groups excluding carboxylic acids is 1. The van der Waals surface area contributed by atoms with E-state index in [1.54, 1.807) is 11.9 Å². The molecule has 1 amide bonds. The quantitative estimate of drug-likeness (QED) is 0.616. The van der Waals surface area contributed by atoms with Crippen molar-refractivity contribution in [3.8, 4) is 0 Å². The number of aromatic nitrogens is 2. The highest BCUT2D eigenvalue weighted by molar-refractivity contribution is 5.75. The van der Waals surface area contributed by atoms with Gasteiger partial charge in [-0.2, -0.15) is 4.98 Å². The highest BCUT2D eigenvalue weighted by Gasteiger charge is 2.23. The number of carbonyl (C=O) groups is 2. The van der Waals surface area contributed by atoms with Gasteiger partial charge in [0.25, 0.3) is 0 Å². The van der Waals surface area contributed by atoms with Crippen molar-refractivity contribution in [1.29, 1.82) is 0 Å². The summed E-state index contributed by atoms with van der Waals surface area (Å²) in [6.07, 6.45) is 9.39. The Morgan fingerprint density at radius 3 is 2.73 bits per heavy atom. The van der Waals surface area contributed by atoms with Gasteiger partial charge in [-0.1, -0.05) is 50.1 Å². The number of aliphatic carboxylic acids is 1. The number of hydrogen-bond donors (Lipinski definition) is 2. The predicted molar refractivity (Wildman–Crippen MR) is 95.2 cm³/mol. The summed E-state index contributed by atoms with van der Waals surface area (Å²) in [4.78, 5) is 28.2. The minimum Gasteiger partial charge on any atom is -0.481 e. The second-order valence-corrected chi connectivity index (χ2v) is 7.42. The molecule has 1 saturated carbocycles. The maximum atomic E-state index is 11.2. The molecule has 0 aromatic carbocycles. The van der Waals surface area contributed by atoms with E-state index in [4.69, 9.17) is 10.3 Å². The molecule has 0 unspecified atom stereocenters. The van der Waals surface area contributed by atoms with Crippen molar-refractivity contribution in [3.63, 3.8) is 0 Å². The molecule has 0 bridgehead atoms. The molecule has 1 aromatic heterocycles. The third kappa shape index (κ3) is 7.11. The first-order chi connectivity index (χ1) is 12.4. The summed E-state index contributed by atoms with van der Waals surface area (Å²) in [6, 6.07) is 0. The van der Waals surface area contributed by atoms with Crippen LogP contribution in [0.4, 0.5) is 0 Å². The van der Waals surface area contributed by atoms with Gasteiger partial charge in [0, 0.05) is 5.92 Å². The van der Waals surface area contributed by atoms with E-state index >= 15 is 0 Å². The fourth-order valence-electron chi connectivity index (χ4n) is 3.71. The topological polar surface area (TPSA) is 123 Å². The lowest BCUT2D eigenvalue weighted by Gasteiger charge is -2.21. The predicted octanol–water partition coefficient (Wildman–Crippen LogP) is 2.30. The minimum absolute atomic E-state index is 0.0105. The zero-order valence-electron chi connectivity index (χ0n) is 15.5. The lowest BCUT2D eigenvalue weighted by Crippen LogP contribution is -2.30. The molecule has 1 atom stereocenters. The monoisotopic (exact) mass is 366 g/mol. The normalized spacial score (nSPS) is 16.7. The standard InChI is InChI=1S/C18H30N4O4/c1-22(11-15(19)23)12-16-20-18(26-21-16)14(10-17(24)25)9-5-8-13-6-3-2-4-7-13/h13-14H,2-12H2,1H3,(H2,19,23)(H,24,25)/t14-/m1/s1. The van der Waals surface area contributed by atoms with Gasteiger partial charge in [0.1, 0.15) is 0 Å². The summed E-state index contributed by atoms with van der Waals surface area (Å²) in [5.41, 5.74) is 5.16. The summed E-state index contributed by atoms with van der Waals surface area (Å²) in [7, 11) is 1.74. The van der Waals surface area contributed by atoms with Crippen LogP contribution in [-0.4, -0.2) is 45.6 Å². The van der Waals surface area contributed by atoms with Crippen molar-refractivity contribution in [2.75, 3.05) is 13.6 Å². The average molecular weight is 366 g/mol. The van der Waals surface area contributed by atoms with Crippen LogP contribution in [0.2, 0.25) is 0 Å². The fraction of sp³-hybridized carbons (Fsp3) is 0.778. The van der Waals surface area contributed by atoms with Gasteiger partial charge in [-0.25, -0.2) is 0 Å². The van der Waals surface area contributed by atoms with Crippen LogP contribution < -0.4 is 5.73 Å². The molecule has 3 N–H and O–H groups in total. The zero-order valence-corrected chi connectivity index (χ0v) is 15.5. The van der Waals surface area contributed by atoms with Gasteiger partial charge in [-0.05, 0) is 19.4 Å². The molecule has 1 aliphatic rings. The van der Waals surface area contributed by atoms with Crippen molar-refractivity contribution in [2.45, 2.75) is 70.3 Å². The van der Waals surface area contributed by atoms with Crippen molar-refractivity contribution in [3.05, 3.63) is 11.7 Å². The first-order valence-electron chi connectivity index (χ1n) is 9.45. The molecule has 0 saturated heterocycles. The molecule has 0 aliphatic heterocycles. The Kier molecular flexibility index (Phi) is 8.03. The molecule has 1 aliphatic carbocycles. The van der Waals surface area contributed by atoms with E-state index in [0.29, 0.717) is 18.3 Å². The van der Waals surface area contributed by atoms with Gasteiger partial charge in [-0.3, -0.25) is 14.5 Å². The largest absolute Gasteiger partial charge is 0.481 e. The molecule has 26 heavy (non-hydrogen) atoms. The number of hydrogen-bond acceptors (Lipinski definition) is 6. The van der Waals surface area contributed by atoms with Gasteiger partial charge in [0.15, 0.2) is 5.82 Å². The molecule has 2 rings (SSSR count). The number of rotatable bonds is 11. The van der Waals surface area contributed by atoms with Crippen LogP contribution in [0, 0.1) is 5.92 Å². The fourth-order valence-corrected chi connectivity index (χ4v) is 3.71. The molecule has 1 fully saturated rings. The highest BCUT2D eigenvalue weighted by Crippen LogP contribution is 2.31. The number of primary amides is 1. The van der Waals surface area contributed by atoms with Crippen LogP contribution in [0.3, 0.4) is 0 Å². The summed E-state index contributed by atoms with van der Waals surface area (Å²) in [6.45, 7) is 0.429. The van der Waals surface area contributed by atoms with Crippen LogP contribution in [0.5, 0.6) is 0 Å². The molecule has 0 radical (unpaired) electrons. The Hall–Kier alpha value is -1.96. The van der Waals surface area contributed by atoms with Gasteiger partial charge in [0.05, 0.1) is 19.5 Å². The molecule has 0 spiro atoms. The molecular formula is C18H30N4O4. The summed E-state index contributed by atoms with van der Waals surface area (Å²) in [5.74, 6) is 0.0274. The van der Waals surface area contributed by atoms with E-state index in [-0.39, 0.29) is 18.9 Å². The lowest BCUT2D eigenvalue weighted by atomic mass is 9.84. The Balaban J connectivity index is 1.88. The average Bonchev–Trinajstić information content (AvgIpc) is 3.02. The van der Waals surface area contributed by atoms with Gasteiger partial charge in [0.2, 0.25) is 11.8 Å². The number of carboxylic acids is 1. The number of nitrogens with two attached hydrogens (primary N) is 1. The van der Waals surface area contributed by atoms with E-state index in [0.717, 1.165) is 25.2 Å². The Morgan fingerprint density at radius 1 is 1.35 bits per heavy atom. The van der Waals surface area contributed by atoms with Crippen LogP contribution >= 0.6 is 0 Å². The Bertz CT molecular complexity index is 584. The van der Waals surface area contributed by atoms with E-state index < -0.39 is 11.9 Å². The summed E-state index contributed by atoms with van der Waals surface area (Å²) < 4.78 is 5.31. The second kappa shape index (κ2) is 10.3. The zero-order chi connectivity index (χ0) is 18.9. The van der Waals surface area contributed by atoms with Crippen molar-refractivity contribution < 1.29 is 19.2 Å². The number of nitrogens with zero attached hydrogens (tertiary/aromatic N) is 3. The lowest BCUT2D eigenvalue weighted by molar-refractivity contribution is -0.137. The van der Waals surface area contributed by atoms with E-state index in [9.17, 15) is 14.7 Å². The van der Waals surface area contributed by atoms with Crippen LogP contribution in [0.25, 0.3) is 0 Å². The molecular weight excluding hydrogens is 336 g/mol. The van der Waals surface area contributed by atoms with Crippen LogP contribution in [0.1, 0.15) is 75.4 Å². The molecule has 8 heteroatoms. The van der Waals surface area contributed by atoms with E-state index in [1.165, 1.54) is 32.1 Å². The maximum Gasteiger partial charge on any atom is 0.304 e. The number of carboxylic acid groups (broad SMARTS) is 1. The molecule has 8 nitrogen and oxygen atoms in total. The maximum absolute atomic E-state index is 11.2. The number of amides is 1. The van der Waals surface area contributed by atoms with Crippen LogP contribution in [0.15, 0.2) is 4.52 Å². The third-order valence-corrected chi connectivity index (χ3v) is 4.98. The van der Waals surface area contributed by atoms with Gasteiger partial charge < -0.3 is 15.4 Å². The SMILES string of the molecule is CN(CC(N)=O)Cc1noc([C@H](CCCC2CCCCC2)CC(=O)O)n1.